The molecule has 0 aliphatic carbocycles. The molecule has 1 aromatic carbocycles. The van der Waals surface area contributed by atoms with Gasteiger partial charge in [0.2, 0.25) is 5.95 Å². The number of aromatic nitrogens is 2. The molecule has 0 radical (unpaired) electrons. The van der Waals surface area contributed by atoms with Gasteiger partial charge in [0.1, 0.15) is 0 Å². The van der Waals surface area contributed by atoms with Gasteiger partial charge < -0.3 is 4.90 Å². The number of likely N-dealkylation sites (tertiary alicyclic amines) is 1. The molecule has 6 nitrogen and oxygen atoms in total. The first-order chi connectivity index (χ1) is 12.3. The molecular formula is C19H22N6. The average molecular weight is 334 g/mol. The van der Waals surface area contributed by atoms with E-state index < -0.39 is 0 Å². The van der Waals surface area contributed by atoms with Crippen molar-refractivity contribution in [3.05, 3.63) is 53.9 Å². The van der Waals surface area contributed by atoms with Crippen molar-refractivity contribution in [2.75, 3.05) is 44.2 Å². The van der Waals surface area contributed by atoms with Gasteiger partial charge in [-0.15, -0.1) is 0 Å². The molecular weight excluding hydrogens is 312 g/mol. The van der Waals surface area contributed by atoms with Crippen LogP contribution in [-0.2, 0) is 6.54 Å². The van der Waals surface area contributed by atoms with Gasteiger partial charge in [-0.3, -0.25) is 9.80 Å². The van der Waals surface area contributed by atoms with Crippen LogP contribution in [0.5, 0.6) is 0 Å². The van der Waals surface area contributed by atoms with E-state index in [1.165, 1.54) is 5.56 Å². The first-order valence-corrected chi connectivity index (χ1v) is 8.79. The Morgan fingerprint density at radius 2 is 1.68 bits per heavy atom. The Morgan fingerprint density at radius 1 is 1.00 bits per heavy atom. The fourth-order valence-electron chi connectivity index (χ4n) is 3.59. The minimum Gasteiger partial charge on any atom is -0.338 e. The van der Waals surface area contributed by atoms with Gasteiger partial charge in [0.15, 0.2) is 0 Å². The lowest BCUT2D eigenvalue weighted by Crippen LogP contribution is -2.62. The largest absolute Gasteiger partial charge is 0.338 e. The molecule has 2 aromatic rings. The second-order valence-corrected chi connectivity index (χ2v) is 6.73. The molecule has 2 fully saturated rings. The highest BCUT2D eigenvalue weighted by Gasteiger charge is 2.33. The van der Waals surface area contributed by atoms with Crippen LogP contribution in [0.1, 0.15) is 11.1 Å². The third-order valence-corrected chi connectivity index (χ3v) is 5.09. The molecule has 1 aromatic heterocycles. The minimum atomic E-state index is 0.664. The molecule has 0 amide bonds. The van der Waals surface area contributed by atoms with Gasteiger partial charge in [0, 0.05) is 64.2 Å². The zero-order valence-corrected chi connectivity index (χ0v) is 14.3. The molecule has 2 aliphatic rings. The quantitative estimate of drug-likeness (QED) is 0.841. The predicted molar refractivity (Wildman–Crippen MR) is 96.0 cm³/mol. The van der Waals surface area contributed by atoms with Gasteiger partial charge >= 0.3 is 0 Å². The Balaban J connectivity index is 1.23. The monoisotopic (exact) mass is 334 g/mol. The van der Waals surface area contributed by atoms with Gasteiger partial charge in [-0.2, -0.15) is 5.26 Å². The molecule has 0 N–H and O–H groups in total. The second-order valence-electron chi connectivity index (χ2n) is 6.73. The highest BCUT2D eigenvalue weighted by molar-refractivity contribution is 5.32. The Hall–Kier alpha value is -2.49. The Bertz CT molecular complexity index is 725. The predicted octanol–water partition coefficient (Wildman–Crippen LogP) is 1.35. The van der Waals surface area contributed by atoms with Crippen molar-refractivity contribution in [1.29, 1.82) is 5.26 Å². The maximum atomic E-state index is 8.86. The highest BCUT2D eigenvalue weighted by atomic mass is 15.4. The second kappa shape index (κ2) is 7.18. The maximum Gasteiger partial charge on any atom is 0.225 e. The van der Waals surface area contributed by atoms with Crippen molar-refractivity contribution in [1.82, 2.24) is 19.8 Å². The number of anilines is 1. The summed E-state index contributed by atoms with van der Waals surface area (Å²) in [4.78, 5) is 16.0. The Labute approximate surface area is 148 Å². The lowest BCUT2D eigenvalue weighted by atomic mass is 10.0. The van der Waals surface area contributed by atoms with Crippen LogP contribution in [0.4, 0.5) is 5.95 Å². The third kappa shape index (κ3) is 3.63. The molecule has 0 unspecified atom stereocenters. The average Bonchev–Trinajstić information content (AvgIpc) is 2.66. The van der Waals surface area contributed by atoms with Crippen molar-refractivity contribution in [3.8, 4) is 6.07 Å². The standard InChI is InChI=1S/C19H22N6/c20-12-16-2-4-17(5-3-16)13-23-14-18(15-23)24-8-10-25(11-9-24)19-21-6-1-7-22-19/h1-7,18H,8-11,13-15H2. The number of hydrogen-bond donors (Lipinski definition) is 0. The number of nitriles is 1. The molecule has 3 heterocycles. The van der Waals surface area contributed by atoms with Crippen LogP contribution in [-0.4, -0.2) is 65.1 Å². The normalized spacial score (nSPS) is 19.4. The van der Waals surface area contributed by atoms with Gasteiger partial charge in [0.05, 0.1) is 11.6 Å². The van der Waals surface area contributed by atoms with Crippen LogP contribution >= 0.6 is 0 Å². The molecule has 4 rings (SSSR count). The molecule has 0 saturated carbocycles. The van der Waals surface area contributed by atoms with Crippen LogP contribution in [0.25, 0.3) is 0 Å². The minimum absolute atomic E-state index is 0.664. The van der Waals surface area contributed by atoms with Crippen molar-refractivity contribution in [2.24, 2.45) is 0 Å². The van der Waals surface area contributed by atoms with E-state index in [0.29, 0.717) is 6.04 Å². The fourth-order valence-corrected chi connectivity index (χ4v) is 3.59. The smallest absolute Gasteiger partial charge is 0.225 e. The van der Waals surface area contributed by atoms with E-state index in [4.69, 9.17) is 5.26 Å². The van der Waals surface area contributed by atoms with E-state index in [9.17, 15) is 0 Å². The number of nitrogens with zero attached hydrogens (tertiary/aromatic N) is 6. The lowest BCUT2D eigenvalue weighted by molar-refractivity contribution is 0.0255. The molecule has 6 heteroatoms. The molecule has 128 valence electrons. The van der Waals surface area contributed by atoms with Crippen LogP contribution in [0.15, 0.2) is 42.7 Å². The van der Waals surface area contributed by atoms with Crippen LogP contribution in [0.3, 0.4) is 0 Å². The van der Waals surface area contributed by atoms with Crippen LogP contribution < -0.4 is 4.90 Å². The summed E-state index contributed by atoms with van der Waals surface area (Å²) in [5, 5.41) is 8.86. The van der Waals surface area contributed by atoms with Gasteiger partial charge in [-0.05, 0) is 23.8 Å². The first kappa shape index (κ1) is 16.0. The van der Waals surface area contributed by atoms with E-state index in [0.717, 1.165) is 57.3 Å². The van der Waals surface area contributed by atoms with Crippen molar-refractivity contribution in [2.45, 2.75) is 12.6 Å². The fraction of sp³-hybridized carbons (Fsp3) is 0.421. The number of hydrogen-bond acceptors (Lipinski definition) is 6. The summed E-state index contributed by atoms with van der Waals surface area (Å²) in [6.45, 7) is 7.37. The van der Waals surface area contributed by atoms with Gasteiger partial charge in [-0.25, -0.2) is 9.97 Å². The highest BCUT2D eigenvalue weighted by Crippen LogP contribution is 2.20. The molecule has 0 bridgehead atoms. The van der Waals surface area contributed by atoms with E-state index in [1.807, 2.05) is 30.6 Å². The SMILES string of the molecule is N#Cc1ccc(CN2CC(N3CCN(c4ncccn4)CC3)C2)cc1. The summed E-state index contributed by atoms with van der Waals surface area (Å²) < 4.78 is 0. The van der Waals surface area contributed by atoms with Gasteiger partial charge in [0.25, 0.3) is 0 Å². The van der Waals surface area contributed by atoms with Crippen molar-refractivity contribution >= 4 is 5.95 Å². The summed E-state index contributed by atoms with van der Waals surface area (Å²) in [7, 11) is 0. The van der Waals surface area contributed by atoms with Gasteiger partial charge in [-0.1, -0.05) is 12.1 Å². The number of benzene rings is 1. The van der Waals surface area contributed by atoms with E-state index >= 15 is 0 Å². The summed E-state index contributed by atoms with van der Waals surface area (Å²) in [6, 6.07) is 12.6. The lowest BCUT2D eigenvalue weighted by Gasteiger charge is -2.48. The molecule has 2 saturated heterocycles. The van der Waals surface area contributed by atoms with E-state index in [1.54, 1.807) is 0 Å². The maximum absolute atomic E-state index is 8.86. The summed E-state index contributed by atoms with van der Waals surface area (Å²) in [5.41, 5.74) is 2.01. The molecule has 0 atom stereocenters. The number of piperazine rings is 1. The zero-order valence-electron chi connectivity index (χ0n) is 14.3. The van der Waals surface area contributed by atoms with Crippen molar-refractivity contribution < 1.29 is 0 Å². The molecule has 0 spiro atoms. The Morgan fingerprint density at radius 3 is 2.32 bits per heavy atom. The van der Waals surface area contributed by atoms with Crippen molar-refractivity contribution in [3.63, 3.8) is 0 Å². The summed E-state index contributed by atoms with van der Waals surface area (Å²) in [6.07, 6.45) is 3.61. The third-order valence-electron chi connectivity index (χ3n) is 5.09. The number of rotatable bonds is 4. The van der Waals surface area contributed by atoms with E-state index in [-0.39, 0.29) is 0 Å². The summed E-state index contributed by atoms with van der Waals surface area (Å²) in [5.74, 6) is 0.846. The molecule has 2 aliphatic heterocycles. The Kier molecular flexibility index (Phi) is 4.59. The molecule has 25 heavy (non-hydrogen) atoms. The van der Waals surface area contributed by atoms with E-state index in [2.05, 4.69) is 42.9 Å². The first-order valence-electron chi connectivity index (χ1n) is 8.79. The summed E-state index contributed by atoms with van der Waals surface area (Å²) >= 11 is 0. The van der Waals surface area contributed by atoms with Crippen LogP contribution in [0, 0.1) is 11.3 Å². The van der Waals surface area contributed by atoms with Crippen LogP contribution in [0.2, 0.25) is 0 Å². The zero-order chi connectivity index (χ0) is 17.1. The topological polar surface area (TPSA) is 59.3 Å².